The smallest absolute Gasteiger partial charge is 0.138 e. The van der Waals surface area contributed by atoms with Gasteiger partial charge in [-0.25, -0.2) is 4.68 Å². The third-order valence-corrected chi connectivity index (χ3v) is 6.43. The van der Waals surface area contributed by atoms with Crippen LogP contribution in [0.15, 0.2) is 78.9 Å². The first kappa shape index (κ1) is 20.3. The van der Waals surface area contributed by atoms with Gasteiger partial charge in [0.05, 0.1) is 16.9 Å². The minimum atomic E-state index is -0.365. The molecule has 3 nitrogen and oxygen atoms in total. The average Bonchev–Trinajstić information content (AvgIpc) is 3.10. The summed E-state index contributed by atoms with van der Waals surface area (Å²) >= 11 is 0. The highest BCUT2D eigenvalue weighted by Gasteiger charge is 2.35. The molecule has 5 rings (SSSR count). The molecule has 0 spiro atoms. The summed E-state index contributed by atoms with van der Waals surface area (Å²) in [6, 6.07) is 26.1. The lowest BCUT2D eigenvalue weighted by Gasteiger charge is -2.35. The van der Waals surface area contributed by atoms with Gasteiger partial charge in [0.25, 0.3) is 0 Å². The number of fused-ring (bicyclic) bond motifs is 1. The van der Waals surface area contributed by atoms with Gasteiger partial charge in [-0.05, 0) is 69.5 Å². The molecule has 4 aromatic rings. The maximum atomic E-state index is 4.97. The van der Waals surface area contributed by atoms with Gasteiger partial charge in [-0.2, -0.15) is 5.10 Å². The number of hydrogen-bond donors (Lipinski definition) is 1. The highest BCUT2D eigenvalue weighted by atomic mass is 15.3. The number of anilines is 1. The van der Waals surface area contributed by atoms with Crippen molar-refractivity contribution >= 4 is 11.4 Å². The fraction of sp³-hybridized carbons (Fsp3) is 0.207. The maximum absolute atomic E-state index is 4.97. The van der Waals surface area contributed by atoms with E-state index in [0.29, 0.717) is 0 Å². The molecule has 1 N–H and O–H groups in total. The number of aryl methyl sites for hydroxylation is 4. The summed E-state index contributed by atoms with van der Waals surface area (Å²) in [6.07, 6.45) is 2.36. The Morgan fingerprint density at radius 3 is 1.84 bits per heavy atom. The second kappa shape index (κ2) is 7.52. The molecule has 1 atom stereocenters. The fourth-order valence-electron chi connectivity index (χ4n) is 4.50. The fourth-order valence-corrected chi connectivity index (χ4v) is 4.50. The van der Waals surface area contributed by atoms with Gasteiger partial charge in [-0.1, -0.05) is 77.4 Å². The summed E-state index contributed by atoms with van der Waals surface area (Å²) in [7, 11) is 0. The number of aromatic nitrogens is 2. The molecule has 0 bridgehead atoms. The predicted molar refractivity (Wildman–Crippen MR) is 133 cm³/mol. The number of rotatable bonds is 3. The van der Waals surface area contributed by atoms with Crippen LogP contribution in [0.25, 0.3) is 11.3 Å². The van der Waals surface area contributed by atoms with E-state index in [1.807, 2.05) is 0 Å². The predicted octanol–water partition coefficient (Wildman–Crippen LogP) is 6.88. The summed E-state index contributed by atoms with van der Waals surface area (Å²) in [5.41, 5.74) is 10.3. The van der Waals surface area contributed by atoms with E-state index in [4.69, 9.17) is 5.10 Å². The molecule has 1 aromatic heterocycles. The Morgan fingerprint density at radius 1 is 0.719 bits per heavy atom. The van der Waals surface area contributed by atoms with Crippen LogP contribution in [0.5, 0.6) is 0 Å². The summed E-state index contributed by atoms with van der Waals surface area (Å²) in [4.78, 5) is 0. The molecule has 0 radical (unpaired) electrons. The van der Waals surface area contributed by atoms with Gasteiger partial charge in [-0.15, -0.1) is 0 Å². The highest BCUT2D eigenvalue weighted by Crippen LogP contribution is 2.44. The van der Waals surface area contributed by atoms with Crippen molar-refractivity contribution in [3.63, 3.8) is 0 Å². The van der Waals surface area contributed by atoms with E-state index in [9.17, 15) is 0 Å². The van der Waals surface area contributed by atoms with Gasteiger partial charge in [0.15, 0.2) is 0 Å². The third kappa shape index (κ3) is 3.44. The molecule has 0 fully saturated rings. The van der Waals surface area contributed by atoms with Crippen molar-refractivity contribution in [2.24, 2.45) is 0 Å². The lowest BCUT2D eigenvalue weighted by Crippen LogP contribution is -2.34. The first-order valence-corrected chi connectivity index (χ1v) is 11.2. The van der Waals surface area contributed by atoms with Crippen molar-refractivity contribution in [3.8, 4) is 5.69 Å². The van der Waals surface area contributed by atoms with Crippen LogP contribution in [0.2, 0.25) is 0 Å². The van der Waals surface area contributed by atoms with E-state index < -0.39 is 0 Å². The average molecular weight is 420 g/mol. The molecule has 3 aromatic carbocycles. The van der Waals surface area contributed by atoms with Crippen LogP contribution < -0.4 is 5.32 Å². The molecule has 0 saturated heterocycles. The number of benzene rings is 3. The summed E-state index contributed by atoms with van der Waals surface area (Å²) in [5, 5.41) is 8.82. The van der Waals surface area contributed by atoms with Crippen molar-refractivity contribution in [2.75, 3.05) is 5.32 Å². The van der Waals surface area contributed by atoms with E-state index in [-0.39, 0.29) is 5.54 Å². The van der Waals surface area contributed by atoms with Crippen LogP contribution in [-0.2, 0) is 5.54 Å². The van der Waals surface area contributed by atoms with Gasteiger partial charge in [-0.3, -0.25) is 0 Å². The number of hydrogen-bond acceptors (Lipinski definition) is 2. The van der Waals surface area contributed by atoms with Gasteiger partial charge < -0.3 is 5.32 Å². The third-order valence-electron chi connectivity index (χ3n) is 6.43. The zero-order valence-corrected chi connectivity index (χ0v) is 19.4. The first-order chi connectivity index (χ1) is 15.3. The molecular formula is C29H29N3. The van der Waals surface area contributed by atoms with Crippen molar-refractivity contribution in [2.45, 2.75) is 40.2 Å². The molecule has 160 valence electrons. The summed E-state index contributed by atoms with van der Waals surface area (Å²) in [6.45, 7) is 10.7. The second-order valence-electron chi connectivity index (χ2n) is 9.17. The zero-order chi connectivity index (χ0) is 22.5. The molecule has 1 unspecified atom stereocenters. The normalized spacial score (nSPS) is 17.5. The van der Waals surface area contributed by atoms with Crippen LogP contribution in [0.1, 0.15) is 46.0 Å². The molecule has 1 aliphatic rings. The Bertz CT molecular complexity index is 1310. The molecule has 32 heavy (non-hydrogen) atoms. The number of nitrogens with one attached hydrogen (secondary N) is 1. The Morgan fingerprint density at radius 2 is 1.25 bits per heavy atom. The van der Waals surface area contributed by atoms with E-state index >= 15 is 0 Å². The molecule has 0 aliphatic carbocycles. The standard InChI is InChI=1S/C29H29N3/c1-19-6-12-23(13-7-19)26-18-29(5,24-14-8-20(2)9-15-24)30-28-27(26)22(4)31-32(28)25-16-10-21(3)11-17-25/h6-18,30H,1-5H3. The SMILES string of the molecule is Cc1ccc(C2=CC(C)(c3ccc(C)cc3)Nc3c2c(C)nn3-c2ccc(C)cc2)cc1. The molecule has 0 saturated carbocycles. The van der Waals surface area contributed by atoms with E-state index in [1.54, 1.807) is 0 Å². The minimum Gasteiger partial charge on any atom is -0.357 e. The first-order valence-electron chi connectivity index (χ1n) is 11.2. The van der Waals surface area contributed by atoms with Crippen molar-refractivity contribution < 1.29 is 0 Å². The minimum absolute atomic E-state index is 0.365. The van der Waals surface area contributed by atoms with Crippen molar-refractivity contribution in [3.05, 3.63) is 118 Å². The summed E-state index contributed by atoms with van der Waals surface area (Å²) < 4.78 is 2.05. The van der Waals surface area contributed by atoms with Crippen molar-refractivity contribution in [1.82, 2.24) is 9.78 Å². The molecule has 3 heteroatoms. The van der Waals surface area contributed by atoms with E-state index in [0.717, 1.165) is 17.2 Å². The molecule has 1 aliphatic heterocycles. The van der Waals surface area contributed by atoms with E-state index in [2.05, 4.69) is 123 Å². The van der Waals surface area contributed by atoms with Crippen LogP contribution >= 0.6 is 0 Å². The Labute approximate surface area is 190 Å². The molecule has 2 heterocycles. The quantitative estimate of drug-likeness (QED) is 0.392. The topological polar surface area (TPSA) is 29.9 Å². The lowest BCUT2D eigenvalue weighted by atomic mass is 9.82. The van der Waals surface area contributed by atoms with Gasteiger partial charge in [0.2, 0.25) is 0 Å². The monoisotopic (exact) mass is 419 g/mol. The van der Waals surface area contributed by atoms with Crippen LogP contribution in [-0.4, -0.2) is 9.78 Å². The molecular weight excluding hydrogens is 390 g/mol. The van der Waals surface area contributed by atoms with Crippen molar-refractivity contribution in [1.29, 1.82) is 0 Å². The van der Waals surface area contributed by atoms with Crippen LogP contribution in [0.3, 0.4) is 0 Å². The van der Waals surface area contributed by atoms with Crippen LogP contribution in [0, 0.1) is 27.7 Å². The van der Waals surface area contributed by atoms with E-state index in [1.165, 1.54) is 39.0 Å². The largest absolute Gasteiger partial charge is 0.357 e. The van der Waals surface area contributed by atoms with Gasteiger partial charge in [0, 0.05) is 5.56 Å². The Kier molecular flexibility index (Phi) is 4.78. The Balaban J connectivity index is 1.74. The number of nitrogens with zero attached hydrogens (tertiary/aromatic N) is 2. The molecule has 0 amide bonds. The maximum Gasteiger partial charge on any atom is 0.138 e. The Hall–Kier alpha value is -3.59. The van der Waals surface area contributed by atoms with Gasteiger partial charge >= 0.3 is 0 Å². The highest BCUT2D eigenvalue weighted by molar-refractivity contribution is 5.90. The summed E-state index contributed by atoms with van der Waals surface area (Å²) in [5.74, 6) is 1.03. The second-order valence-corrected chi connectivity index (χ2v) is 9.17. The van der Waals surface area contributed by atoms with Crippen LogP contribution in [0.4, 0.5) is 5.82 Å². The zero-order valence-electron chi connectivity index (χ0n) is 19.4. The van der Waals surface area contributed by atoms with Gasteiger partial charge in [0.1, 0.15) is 5.82 Å². The lowest BCUT2D eigenvalue weighted by molar-refractivity contribution is 0.671.